The molecule has 1 aromatic carbocycles. The number of ether oxygens (including phenoxy) is 1. The summed E-state index contributed by atoms with van der Waals surface area (Å²) in [5.41, 5.74) is -5.97. The van der Waals surface area contributed by atoms with Crippen LogP contribution in [0.25, 0.3) is 0 Å². The molecule has 4 N–H and O–H groups in total. The van der Waals surface area contributed by atoms with Crippen LogP contribution in [-0.4, -0.2) is 53.5 Å². The molecule has 1 aromatic heterocycles. The minimum atomic E-state index is -3.85. The van der Waals surface area contributed by atoms with Crippen LogP contribution in [0.1, 0.15) is 12.6 Å². The molecule has 0 fully saturated rings. The highest BCUT2D eigenvalue weighted by atomic mass is 19.3. The highest BCUT2D eigenvalue weighted by Crippen LogP contribution is 2.33. The van der Waals surface area contributed by atoms with E-state index < -0.39 is 54.6 Å². The summed E-state index contributed by atoms with van der Waals surface area (Å²) in [7, 11) is 0. The van der Waals surface area contributed by atoms with Gasteiger partial charge in [0.1, 0.15) is 17.9 Å². The summed E-state index contributed by atoms with van der Waals surface area (Å²) in [4.78, 5) is 28.8. The second-order valence-electron chi connectivity index (χ2n) is 7.21. The van der Waals surface area contributed by atoms with Crippen LogP contribution >= 0.6 is 0 Å². The molecular weight excluding hydrogens is 498 g/mol. The predicted molar refractivity (Wildman–Crippen MR) is 117 cm³/mol. The number of carbonyl (C=O) groups is 2. The van der Waals surface area contributed by atoms with E-state index in [1.165, 1.54) is 31.2 Å². The fourth-order valence-corrected chi connectivity index (χ4v) is 2.71. The molecule has 0 atom stereocenters. The second kappa shape index (κ2) is 12.2. The molecule has 8 nitrogen and oxygen atoms in total. The number of benzene rings is 1. The number of hydrogen-bond donors (Lipinski definition) is 4. The number of anilines is 2. The number of halogens is 6. The summed E-state index contributed by atoms with van der Waals surface area (Å²) >= 11 is 0. The van der Waals surface area contributed by atoms with Crippen LogP contribution < -0.4 is 15.4 Å². The van der Waals surface area contributed by atoms with Crippen molar-refractivity contribution in [3.8, 4) is 5.75 Å². The number of carbonyl (C=O) groups excluding carboxylic acids is 2. The maximum Gasteiger partial charge on any atom is 0.278 e. The van der Waals surface area contributed by atoms with E-state index >= 15 is 0 Å². The zero-order valence-electron chi connectivity index (χ0n) is 18.4. The summed E-state index contributed by atoms with van der Waals surface area (Å²) in [6.45, 7) is 0.303. The molecule has 0 radical (unpaired) electrons. The Morgan fingerprint density at radius 1 is 1.06 bits per heavy atom. The Bertz CT molecular complexity index is 1120. The number of hydrogen-bond acceptors (Lipinski definition) is 6. The fraction of sp³-hybridized carbons (Fsp3) is 0.273. The number of nitrogens with one attached hydrogen (secondary N) is 3. The van der Waals surface area contributed by atoms with Gasteiger partial charge in [-0.2, -0.15) is 0 Å². The van der Waals surface area contributed by atoms with E-state index in [2.05, 4.69) is 15.6 Å². The zero-order valence-corrected chi connectivity index (χ0v) is 18.4. The van der Waals surface area contributed by atoms with Crippen molar-refractivity contribution in [2.24, 2.45) is 0 Å². The molecule has 0 aliphatic carbocycles. The fourth-order valence-electron chi connectivity index (χ4n) is 2.71. The summed E-state index contributed by atoms with van der Waals surface area (Å²) in [6, 6.07) is 7.09. The topological polar surface area (TPSA) is 124 Å². The van der Waals surface area contributed by atoms with E-state index in [0.29, 0.717) is 12.3 Å². The van der Waals surface area contributed by atoms with Crippen LogP contribution in [0.15, 0.2) is 54.2 Å². The molecular formula is C22H20F6N4O4. The molecule has 1 heterocycles. The Labute approximate surface area is 200 Å². The van der Waals surface area contributed by atoms with E-state index in [9.17, 15) is 41.0 Å². The molecule has 0 saturated heterocycles. The van der Waals surface area contributed by atoms with Gasteiger partial charge in [-0.25, -0.2) is 26.3 Å². The third-order valence-corrected chi connectivity index (χ3v) is 4.45. The lowest BCUT2D eigenvalue weighted by molar-refractivity contribution is -0.185. The van der Waals surface area contributed by atoms with Crippen molar-refractivity contribution in [3.05, 3.63) is 59.9 Å². The third kappa shape index (κ3) is 7.04. The van der Waals surface area contributed by atoms with Gasteiger partial charge in [0.05, 0.1) is 23.3 Å². The van der Waals surface area contributed by atoms with Crippen LogP contribution in [0.2, 0.25) is 0 Å². The largest absolute Gasteiger partial charge is 0.485 e. The van der Waals surface area contributed by atoms with E-state index in [4.69, 9.17) is 10.1 Å². The predicted octanol–water partition coefficient (Wildman–Crippen LogP) is 3.99. The number of alkyl halides is 6. The first-order valence-corrected chi connectivity index (χ1v) is 10.0. The van der Waals surface area contributed by atoms with Gasteiger partial charge in [-0.05, 0) is 37.3 Å². The molecule has 0 aliphatic heterocycles. The van der Waals surface area contributed by atoms with Gasteiger partial charge < -0.3 is 25.9 Å². The van der Waals surface area contributed by atoms with E-state index in [1.54, 1.807) is 0 Å². The number of allylic oxidation sites excluding steroid dienone is 1. The number of rotatable bonds is 11. The van der Waals surface area contributed by atoms with Crippen LogP contribution in [0.4, 0.5) is 37.7 Å². The van der Waals surface area contributed by atoms with Crippen molar-refractivity contribution in [1.29, 1.82) is 5.41 Å². The molecule has 194 valence electrons. The zero-order chi connectivity index (χ0) is 27.0. The highest BCUT2D eigenvalue weighted by Gasteiger charge is 2.50. The number of para-hydroxylation sites is 2. The highest BCUT2D eigenvalue weighted by molar-refractivity contribution is 6.28. The Hall–Kier alpha value is -3.94. The Morgan fingerprint density at radius 2 is 1.67 bits per heavy atom. The normalized spacial score (nSPS) is 12.1. The van der Waals surface area contributed by atoms with Crippen molar-refractivity contribution in [1.82, 2.24) is 4.98 Å². The summed E-state index contributed by atoms with van der Waals surface area (Å²) in [6.07, 6.45) is -8.89. The summed E-state index contributed by atoms with van der Waals surface area (Å²) < 4.78 is 81.8. The molecule has 0 spiro atoms. The monoisotopic (exact) mass is 518 g/mol. The first kappa shape index (κ1) is 28.3. The van der Waals surface area contributed by atoms with E-state index in [1.807, 2.05) is 0 Å². The number of nitrogens with zero attached hydrogens (tertiary/aromatic N) is 1. The van der Waals surface area contributed by atoms with Gasteiger partial charge >= 0.3 is 0 Å². The molecule has 36 heavy (non-hydrogen) atoms. The lowest BCUT2D eigenvalue weighted by Crippen LogP contribution is -2.42. The van der Waals surface area contributed by atoms with Gasteiger partial charge in [0.25, 0.3) is 31.1 Å². The number of aliphatic hydroxyl groups is 1. The minimum Gasteiger partial charge on any atom is -0.485 e. The lowest BCUT2D eigenvalue weighted by atomic mass is 10.0. The van der Waals surface area contributed by atoms with Crippen molar-refractivity contribution < 1.29 is 45.8 Å². The molecule has 0 bridgehead atoms. The maximum atomic E-state index is 13.0. The third-order valence-electron chi connectivity index (χ3n) is 4.45. The van der Waals surface area contributed by atoms with Crippen LogP contribution in [0.3, 0.4) is 0 Å². The quantitative estimate of drug-likeness (QED) is 0.118. The molecule has 2 aromatic rings. The number of pyridine rings is 1. The van der Waals surface area contributed by atoms with Gasteiger partial charge in [-0.1, -0.05) is 12.1 Å². The second-order valence-corrected chi connectivity index (χ2v) is 7.21. The van der Waals surface area contributed by atoms with Crippen molar-refractivity contribution in [2.45, 2.75) is 31.8 Å². The smallest absolute Gasteiger partial charge is 0.278 e. The molecule has 14 heteroatoms. The molecule has 0 saturated carbocycles. The first-order valence-electron chi connectivity index (χ1n) is 10.0. The maximum absolute atomic E-state index is 13.0. The first-order chi connectivity index (χ1) is 16.9. The van der Waals surface area contributed by atoms with E-state index in [0.717, 1.165) is 12.1 Å². The average Bonchev–Trinajstić information content (AvgIpc) is 2.81. The Balaban J connectivity index is 2.24. The molecule has 2 amide bonds. The van der Waals surface area contributed by atoms with Gasteiger partial charge in [0, 0.05) is 5.71 Å². The average molecular weight is 518 g/mol. The number of aromatic nitrogens is 1. The van der Waals surface area contributed by atoms with Crippen molar-refractivity contribution in [3.63, 3.8) is 0 Å². The Morgan fingerprint density at radius 3 is 2.19 bits per heavy atom. The lowest BCUT2D eigenvalue weighted by Gasteiger charge is -2.25. The molecule has 2 rings (SSSR count). The molecule has 0 unspecified atom stereocenters. The standard InChI is InChI=1S/C22H20F6N4O4/c1-11(29)8-13(19(34)32-14-4-2-3-5-15(14)36-10-17(23)24)18(33)31-12-6-7-16(30-9-12)22(35,20(25)26)21(27)28/h2-9,17,20-21,29,35H,10H2,1H3,(H,31,33)(H,32,34)/b13-8-,29-11?. The Kier molecular flexibility index (Phi) is 9.55. The van der Waals surface area contributed by atoms with E-state index in [-0.39, 0.29) is 22.8 Å². The van der Waals surface area contributed by atoms with Gasteiger partial charge in [0.2, 0.25) is 5.60 Å². The van der Waals surface area contributed by atoms with Gasteiger partial charge in [0.15, 0.2) is 0 Å². The molecule has 0 aliphatic rings. The van der Waals surface area contributed by atoms with Crippen LogP contribution in [0.5, 0.6) is 5.75 Å². The van der Waals surface area contributed by atoms with Crippen molar-refractivity contribution in [2.75, 3.05) is 17.2 Å². The summed E-state index contributed by atoms with van der Waals surface area (Å²) in [5, 5.41) is 21.7. The van der Waals surface area contributed by atoms with Crippen LogP contribution in [-0.2, 0) is 15.2 Å². The SMILES string of the molecule is CC(=N)/C=C(/C(=O)Nc1ccc(C(O)(C(F)F)C(F)F)nc1)C(=O)Nc1ccccc1OCC(F)F. The van der Waals surface area contributed by atoms with Crippen molar-refractivity contribution >= 4 is 28.9 Å². The summed E-state index contributed by atoms with van der Waals surface area (Å²) in [5.74, 6) is -2.26. The van der Waals surface area contributed by atoms with Crippen LogP contribution in [0, 0.1) is 5.41 Å². The number of amides is 2. The van der Waals surface area contributed by atoms with Gasteiger partial charge in [-0.15, -0.1) is 0 Å². The minimum absolute atomic E-state index is 0.0474. The van der Waals surface area contributed by atoms with Gasteiger partial charge in [-0.3, -0.25) is 14.6 Å².